The van der Waals surface area contributed by atoms with Gasteiger partial charge in [0.25, 0.3) is 0 Å². The minimum Gasteiger partial charge on any atom is -0.383 e. The zero-order valence-corrected chi connectivity index (χ0v) is 11.4. The summed E-state index contributed by atoms with van der Waals surface area (Å²) in [6.45, 7) is 6.24. The maximum atomic E-state index is 13.7. The number of nitrogens with one attached hydrogen (secondary N) is 1. The molecule has 0 atom stereocenters. The molecule has 0 bridgehead atoms. The van der Waals surface area contributed by atoms with Crippen LogP contribution in [-0.2, 0) is 11.3 Å². The molecule has 0 fully saturated rings. The van der Waals surface area contributed by atoms with E-state index in [1.54, 1.807) is 24.9 Å². The fourth-order valence-corrected chi connectivity index (χ4v) is 2.24. The molecule has 0 saturated carbocycles. The van der Waals surface area contributed by atoms with Gasteiger partial charge in [0, 0.05) is 30.3 Å². The third kappa shape index (κ3) is 5.52. The summed E-state index contributed by atoms with van der Waals surface area (Å²) in [5.74, 6) is -0.130. The van der Waals surface area contributed by atoms with Crippen molar-refractivity contribution in [2.75, 3.05) is 20.3 Å². The summed E-state index contributed by atoms with van der Waals surface area (Å²) in [6.07, 6.45) is 0. The van der Waals surface area contributed by atoms with Gasteiger partial charge in [-0.1, -0.05) is 19.9 Å². The SMILES string of the molecule is COCCNCc1ccc(SC(C)C)c(F)c1. The van der Waals surface area contributed by atoms with Crippen molar-refractivity contribution in [2.45, 2.75) is 30.5 Å². The Morgan fingerprint density at radius 3 is 2.76 bits per heavy atom. The summed E-state index contributed by atoms with van der Waals surface area (Å²) in [5.41, 5.74) is 0.965. The molecule has 96 valence electrons. The Bertz CT molecular complexity index is 344. The first-order valence-electron chi connectivity index (χ1n) is 5.78. The molecule has 0 amide bonds. The van der Waals surface area contributed by atoms with Crippen LogP contribution in [0, 0.1) is 5.82 Å². The fourth-order valence-electron chi connectivity index (χ4n) is 1.41. The third-order valence-electron chi connectivity index (χ3n) is 2.17. The van der Waals surface area contributed by atoms with Crippen LogP contribution in [0.25, 0.3) is 0 Å². The van der Waals surface area contributed by atoms with Gasteiger partial charge in [-0.15, -0.1) is 11.8 Å². The normalized spacial score (nSPS) is 11.1. The monoisotopic (exact) mass is 257 g/mol. The lowest BCUT2D eigenvalue weighted by Gasteiger charge is -2.09. The van der Waals surface area contributed by atoms with Crippen LogP contribution >= 0.6 is 11.8 Å². The first-order valence-corrected chi connectivity index (χ1v) is 6.66. The molecule has 0 saturated heterocycles. The van der Waals surface area contributed by atoms with Crippen molar-refractivity contribution in [1.82, 2.24) is 5.32 Å². The maximum absolute atomic E-state index is 13.7. The zero-order valence-electron chi connectivity index (χ0n) is 10.6. The van der Waals surface area contributed by atoms with Crippen molar-refractivity contribution in [3.63, 3.8) is 0 Å². The van der Waals surface area contributed by atoms with E-state index in [0.29, 0.717) is 18.4 Å². The van der Waals surface area contributed by atoms with E-state index in [9.17, 15) is 4.39 Å². The number of halogens is 1. The second-order valence-electron chi connectivity index (χ2n) is 4.10. The third-order valence-corrected chi connectivity index (χ3v) is 3.23. The molecule has 0 unspecified atom stereocenters. The molecule has 1 rings (SSSR count). The van der Waals surface area contributed by atoms with Crippen LogP contribution < -0.4 is 5.32 Å². The standard InChI is InChI=1S/C13H20FNOS/c1-10(2)17-13-5-4-11(8-12(13)14)9-15-6-7-16-3/h4-5,8,10,15H,6-7,9H2,1-3H3. The molecule has 0 radical (unpaired) electrons. The number of benzene rings is 1. The smallest absolute Gasteiger partial charge is 0.137 e. The Labute approximate surface area is 107 Å². The second kappa shape index (κ2) is 7.69. The summed E-state index contributed by atoms with van der Waals surface area (Å²) in [7, 11) is 1.67. The number of hydrogen-bond donors (Lipinski definition) is 1. The molecule has 1 N–H and O–H groups in total. The van der Waals surface area contributed by atoms with Crippen LogP contribution in [0.15, 0.2) is 23.1 Å². The van der Waals surface area contributed by atoms with E-state index in [1.807, 2.05) is 12.1 Å². The van der Waals surface area contributed by atoms with E-state index in [0.717, 1.165) is 17.0 Å². The number of ether oxygens (including phenoxy) is 1. The van der Waals surface area contributed by atoms with Crippen LogP contribution in [0.5, 0.6) is 0 Å². The number of methoxy groups -OCH3 is 1. The summed E-state index contributed by atoms with van der Waals surface area (Å²) in [6, 6.07) is 5.42. The van der Waals surface area contributed by atoms with Crippen LogP contribution in [0.2, 0.25) is 0 Å². The average molecular weight is 257 g/mol. The van der Waals surface area contributed by atoms with Crippen molar-refractivity contribution < 1.29 is 9.13 Å². The molecule has 0 aromatic heterocycles. The van der Waals surface area contributed by atoms with Crippen LogP contribution in [0.1, 0.15) is 19.4 Å². The molecule has 0 aliphatic rings. The van der Waals surface area contributed by atoms with Gasteiger partial charge in [0.15, 0.2) is 0 Å². The predicted octanol–water partition coefficient (Wildman–Crippen LogP) is 3.06. The molecule has 0 aliphatic carbocycles. The van der Waals surface area contributed by atoms with E-state index >= 15 is 0 Å². The predicted molar refractivity (Wildman–Crippen MR) is 71.0 cm³/mol. The van der Waals surface area contributed by atoms with Crippen molar-refractivity contribution in [3.05, 3.63) is 29.6 Å². The Kier molecular flexibility index (Phi) is 6.55. The Morgan fingerprint density at radius 1 is 1.41 bits per heavy atom. The number of thioether (sulfide) groups is 1. The first kappa shape index (κ1) is 14.5. The van der Waals surface area contributed by atoms with Crippen LogP contribution in [0.4, 0.5) is 4.39 Å². The van der Waals surface area contributed by atoms with E-state index in [2.05, 4.69) is 19.2 Å². The highest BCUT2D eigenvalue weighted by molar-refractivity contribution is 7.99. The van der Waals surface area contributed by atoms with Crippen molar-refractivity contribution in [2.24, 2.45) is 0 Å². The maximum Gasteiger partial charge on any atom is 0.137 e. The lowest BCUT2D eigenvalue weighted by atomic mass is 10.2. The fraction of sp³-hybridized carbons (Fsp3) is 0.538. The van der Waals surface area contributed by atoms with Crippen molar-refractivity contribution in [1.29, 1.82) is 0 Å². The summed E-state index contributed by atoms with van der Waals surface area (Å²) < 4.78 is 18.6. The second-order valence-corrected chi connectivity index (χ2v) is 5.72. The Balaban J connectivity index is 2.50. The molecule has 2 nitrogen and oxygen atoms in total. The van der Waals surface area contributed by atoms with E-state index in [1.165, 1.54) is 0 Å². The highest BCUT2D eigenvalue weighted by Gasteiger charge is 2.06. The minimum atomic E-state index is -0.130. The molecule has 1 aromatic carbocycles. The lowest BCUT2D eigenvalue weighted by Crippen LogP contribution is -2.18. The molecular formula is C13H20FNOS. The average Bonchev–Trinajstić information content (AvgIpc) is 2.27. The summed E-state index contributed by atoms with van der Waals surface area (Å²) in [5, 5.41) is 3.59. The lowest BCUT2D eigenvalue weighted by molar-refractivity contribution is 0.199. The van der Waals surface area contributed by atoms with Gasteiger partial charge in [0.05, 0.1) is 6.61 Å². The molecular weight excluding hydrogens is 237 g/mol. The van der Waals surface area contributed by atoms with Gasteiger partial charge in [0.1, 0.15) is 5.82 Å². The van der Waals surface area contributed by atoms with Gasteiger partial charge >= 0.3 is 0 Å². The number of rotatable bonds is 7. The van der Waals surface area contributed by atoms with Crippen molar-refractivity contribution >= 4 is 11.8 Å². The molecule has 0 spiro atoms. The largest absolute Gasteiger partial charge is 0.383 e. The summed E-state index contributed by atoms with van der Waals surface area (Å²) >= 11 is 1.55. The Hall–Kier alpha value is -0.580. The van der Waals surface area contributed by atoms with Gasteiger partial charge in [-0.05, 0) is 17.7 Å². The van der Waals surface area contributed by atoms with E-state index < -0.39 is 0 Å². The van der Waals surface area contributed by atoms with Gasteiger partial charge < -0.3 is 10.1 Å². The summed E-state index contributed by atoms with van der Waals surface area (Å²) in [4.78, 5) is 0.723. The van der Waals surface area contributed by atoms with Crippen LogP contribution in [0.3, 0.4) is 0 Å². The zero-order chi connectivity index (χ0) is 12.7. The highest BCUT2D eigenvalue weighted by Crippen LogP contribution is 2.26. The van der Waals surface area contributed by atoms with E-state index in [-0.39, 0.29) is 5.82 Å². The van der Waals surface area contributed by atoms with Crippen molar-refractivity contribution in [3.8, 4) is 0 Å². The molecule has 4 heteroatoms. The number of hydrogen-bond acceptors (Lipinski definition) is 3. The molecule has 0 heterocycles. The quantitative estimate of drug-likeness (QED) is 0.599. The molecule has 0 aliphatic heterocycles. The van der Waals surface area contributed by atoms with Gasteiger partial charge in [-0.2, -0.15) is 0 Å². The van der Waals surface area contributed by atoms with Crippen LogP contribution in [-0.4, -0.2) is 25.5 Å². The van der Waals surface area contributed by atoms with E-state index in [4.69, 9.17) is 4.74 Å². The first-order chi connectivity index (χ1) is 8.13. The highest BCUT2D eigenvalue weighted by atomic mass is 32.2. The van der Waals surface area contributed by atoms with Gasteiger partial charge in [-0.25, -0.2) is 4.39 Å². The minimum absolute atomic E-state index is 0.130. The molecule has 17 heavy (non-hydrogen) atoms. The van der Waals surface area contributed by atoms with Gasteiger partial charge in [0.2, 0.25) is 0 Å². The van der Waals surface area contributed by atoms with Gasteiger partial charge in [-0.3, -0.25) is 0 Å². The Morgan fingerprint density at radius 2 is 2.18 bits per heavy atom. The topological polar surface area (TPSA) is 21.3 Å². The molecule has 1 aromatic rings.